The highest BCUT2D eigenvalue weighted by Crippen LogP contribution is 2.23. The molecule has 2 N–H and O–H groups in total. The third-order valence-electron chi connectivity index (χ3n) is 3.65. The summed E-state index contributed by atoms with van der Waals surface area (Å²) in [7, 11) is 0. The first-order valence-electron chi connectivity index (χ1n) is 7.73. The van der Waals surface area contributed by atoms with Gasteiger partial charge >= 0.3 is 5.97 Å². The molecule has 0 heterocycles. The number of carboxylic acid groups (broad SMARTS) is 1. The molecule has 0 unspecified atom stereocenters. The Morgan fingerprint density at radius 1 is 1.12 bits per heavy atom. The fourth-order valence-electron chi connectivity index (χ4n) is 2.43. The maximum atomic E-state index is 11.9. The molecule has 0 spiro atoms. The maximum Gasteiger partial charge on any atom is 0.335 e. The van der Waals surface area contributed by atoms with Crippen molar-refractivity contribution in [2.75, 3.05) is 11.9 Å². The minimum absolute atomic E-state index is 0.110. The minimum atomic E-state index is -1.00. The predicted octanol–water partition coefficient (Wildman–Crippen LogP) is 3.83. The van der Waals surface area contributed by atoms with Gasteiger partial charge < -0.3 is 15.2 Å². The van der Waals surface area contributed by atoms with Crippen molar-refractivity contribution in [3.05, 3.63) is 59.2 Å². The molecule has 2 aromatic rings. The Labute approximate surface area is 141 Å². The van der Waals surface area contributed by atoms with E-state index in [-0.39, 0.29) is 18.1 Å². The molecule has 0 fully saturated rings. The van der Waals surface area contributed by atoms with Crippen molar-refractivity contribution in [3.8, 4) is 5.75 Å². The third-order valence-corrected chi connectivity index (χ3v) is 3.65. The van der Waals surface area contributed by atoms with Crippen molar-refractivity contribution >= 4 is 17.6 Å². The van der Waals surface area contributed by atoms with Crippen LogP contribution in [0.25, 0.3) is 0 Å². The zero-order chi connectivity index (χ0) is 17.7. The van der Waals surface area contributed by atoms with Gasteiger partial charge in [-0.2, -0.15) is 0 Å². The van der Waals surface area contributed by atoms with E-state index >= 15 is 0 Å². The van der Waals surface area contributed by atoms with Crippen LogP contribution >= 0.6 is 0 Å². The van der Waals surface area contributed by atoms with Crippen LogP contribution in [0.15, 0.2) is 42.5 Å². The van der Waals surface area contributed by atoms with E-state index in [1.807, 2.05) is 25.1 Å². The van der Waals surface area contributed by atoms with Gasteiger partial charge in [-0.25, -0.2) is 4.79 Å². The predicted molar refractivity (Wildman–Crippen MR) is 92.8 cm³/mol. The highest BCUT2D eigenvalue weighted by molar-refractivity contribution is 5.93. The number of anilines is 1. The summed E-state index contributed by atoms with van der Waals surface area (Å²) in [5.41, 5.74) is 3.09. The lowest BCUT2D eigenvalue weighted by Crippen LogP contribution is -2.20. The molecule has 0 bridgehead atoms. The lowest BCUT2D eigenvalue weighted by atomic mass is 9.98. The standard InChI is InChI=1S/C19H21NO4/c1-12(2)17-9-8-16(10-13(17)3)24-11-18(21)20-15-6-4-14(5-7-15)19(22)23/h4-10,12H,11H2,1-3H3,(H,20,21)(H,22,23). The van der Waals surface area contributed by atoms with Gasteiger partial charge in [-0.1, -0.05) is 19.9 Å². The normalized spacial score (nSPS) is 10.5. The SMILES string of the molecule is Cc1cc(OCC(=O)Nc2ccc(C(=O)O)cc2)ccc1C(C)C. The Morgan fingerprint density at radius 3 is 2.33 bits per heavy atom. The molecule has 0 saturated heterocycles. The Kier molecular flexibility index (Phi) is 5.58. The van der Waals surface area contributed by atoms with Crippen molar-refractivity contribution in [2.45, 2.75) is 26.7 Å². The number of hydrogen-bond acceptors (Lipinski definition) is 3. The van der Waals surface area contributed by atoms with E-state index in [2.05, 4.69) is 19.2 Å². The monoisotopic (exact) mass is 327 g/mol. The van der Waals surface area contributed by atoms with Gasteiger partial charge in [0.2, 0.25) is 0 Å². The number of carboxylic acids is 1. The number of ether oxygens (including phenoxy) is 1. The number of aromatic carboxylic acids is 1. The number of aryl methyl sites for hydroxylation is 1. The number of nitrogens with one attached hydrogen (secondary N) is 1. The van der Waals surface area contributed by atoms with Gasteiger partial charge in [0.1, 0.15) is 5.75 Å². The van der Waals surface area contributed by atoms with Gasteiger partial charge in [0.25, 0.3) is 5.91 Å². The molecule has 0 saturated carbocycles. The fraction of sp³-hybridized carbons (Fsp3) is 0.263. The highest BCUT2D eigenvalue weighted by atomic mass is 16.5. The summed E-state index contributed by atoms with van der Waals surface area (Å²) >= 11 is 0. The summed E-state index contributed by atoms with van der Waals surface area (Å²) in [6, 6.07) is 11.8. The second-order valence-corrected chi connectivity index (χ2v) is 5.89. The average molecular weight is 327 g/mol. The maximum absolute atomic E-state index is 11.9. The van der Waals surface area contributed by atoms with Gasteiger partial charge in [-0.3, -0.25) is 4.79 Å². The molecule has 0 aliphatic heterocycles. The Bertz CT molecular complexity index is 736. The smallest absolute Gasteiger partial charge is 0.335 e. The molecule has 0 atom stereocenters. The van der Waals surface area contributed by atoms with E-state index in [0.29, 0.717) is 17.4 Å². The molecule has 5 nitrogen and oxygen atoms in total. The first-order chi connectivity index (χ1) is 11.4. The van der Waals surface area contributed by atoms with E-state index in [1.54, 1.807) is 12.1 Å². The van der Waals surface area contributed by atoms with Gasteiger partial charge in [0.15, 0.2) is 6.61 Å². The van der Waals surface area contributed by atoms with Crippen molar-refractivity contribution in [1.29, 1.82) is 0 Å². The first kappa shape index (κ1) is 17.5. The summed E-state index contributed by atoms with van der Waals surface area (Å²) in [5, 5.41) is 11.5. The topological polar surface area (TPSA) is 75.6 Å². The van der Waals surface area contributed by atoms with E-state index in [1.165, 1.54) is 17.7 Å². The minimum Gasteiger partial charge on any atom is -0.484 e. The Hall–Kier alpha value is -2.82. The van der Waals surface area contributed by atoms with Crippen LogP contribution in [-0.4, -0.2) is 23.6 Å². The zero-order valence-electron chi connectivity index (χ0n) is 14.0. The van der Waals surface area contributed by atoms with Crippen molar-refractivity contribution < 1.29 is 19.4 Å². The van der Waals surface area contributed by atoms with Crippen molar-refractivity contribution in [1.82, 2.24) is 0 Å². The summed E-state index contributed by atoms with van der Waals surface area (Å²) in [6.07, 6.45) is 0. The molecular weight excluding hydrogens is 306 g/mol. The van der Waals surface area contributed by atoms with Gasteiger partial charge in [0, 0.05) is 5.69 Å². The van der Waals surface area contributed by atoms with Gasteiger partial charge in [-0.15, -0.1) is 0 Å². The third kappa shape index (κ3) is 4.59. The lowest BCUT2D eigenvalue weighted by Gasteiger charge is -2.12. The molecule has 5 heteroatoms. The number of rotatable bonds is 6. The molecule has 126 valence electrons. The lowest BCUT2D eigenvalue weighted by molar-refractivity contribution is -0.118. The number of carbonyl (C=O) groups excluding carboxylic acids is 1. The van der Waals surface area contributed by atoms with E-state index in [9.17, 15) is 9.59 Å². The van der Waals surface area contributed by atoms with Crippen LogP contribution in [0.3, 0.4) is 0 Å². The number of hydrogen-bond donors (Lipinski definition) is 2. The zero-order valence-corrected chi connectivity index (χ0v) is 14.0. The van der Waals surface area contributed by atoms with Crippen LogP contribution in [0.5, 0.6) is 5.75 Å². The quantitative estimate of drug-likeness (QED) is 0.845. The van der Waals surface area contributed by atoms with Crippen LogP contribution in [0.2, 0.25) is 0 Å². The van der Waals surface area contributed by atoms with Crippen LogP contribution in [0.4, 0.5) is 5.69 Å². The second-order valence-electron chi connectivity index (χ2n) is 5.89. The van der Waals surface area contributed by atoms with Crippen LogP contribution in [0.1, 0.15) is 41.3 Å². The molecule has 2 rings (SSSR count). The molecule has 1 amide bonds. The molecule has 0 radical (unpaired) electrons. The molecular formula is C19H21NO4. The first-order valence-corrected chi connectivity index (χ1v) is 7.73. The average Bonchev–Trinajstić information content (AvgIpc) is 2.53. The largest absolute Gasteiger partial charge is 0.484 e. The summed E-state index contributed by atoms with van der Waals surface area (Å²) in [6.45, 7) is 6.17. The summed E-state index contributed by atoms with van der Waals surface area (Å²) in [4.78, 5) is 22.7. The number of amides is 1. The molecule has 0 aromatic heterocycles. The molecule has 0 aliphatic carbocycles. The van der Waals surface area contributed by atoms with Crippen LogP contribution in [-0.2, 0) is 4.79 Å². The van der Waals surface area contributed by atoms with Gasteiger partial charge in [-0.05, 0) is 60.4 Å². The van der Waals surface area contributed by atoms with E-state index < -0.39 is 5.97 Å². The van der Waals surface area contributed by atoms with Crippen LogP contribution < -0.4 is 10.1 Å². The highest BCUT2D eigenvalue weighted by Gasteiger charge is 2.08. The van der Waals surface area contributed by atoms with Crippen LogP contribution in [0, 0.1) is 6.92 Å². The molecule has 0 aliphatic rings. The summed E-state index contributed by atoms with van der Waals surface area (Å²) < 4.78 is 5.51. The van der Waals surface area contributed by atoms with Crippen molar-refractivity contribution in [2.24, 2.45) is 0 Å². The Morgan fingerprint density at radius 2 is 1.79 bits per heavy atom. The van der Waals surface area contributed by atoms with Gasteiger partial charge in [0.05, 0.1) is 5.56 Å². The number of benzene rings is 2. The molecule has 2 aromatic carbocycles. The fourth-order valence-corrected chi connectivity index (χ4v) is 2.43. The molecule has 24 heavy (non-hydrogen) atoms. The number of carbonyl (C=O) groups is 2. The van der Waals surface area contributed by atoms with Crippen molar-refractivity contribution in [3.63, 3.8) is 0 Å². The second kappa shape index (κ2) is 7.64. The Balaban J connectivity index is 1.91. The van der Waals surface area contributed by atoms with E-state index in [0.717, 1.165) is 5.56 Å². The van der Waals surface area contributed by atoms with E-state index in [4.69, 9.17) is 9.84 Å². The summed E-state index contributed by atoms with van der Waals surface area (Å²) in [5.74, 6) is -0.218.